The van der Waals surface area contributed by atoms with Crippen LogP contribution in [0.4, 0.5) is 4.79 Å². The standard InChI is InChI=1S/C21H26N6O4/c1-13-7-9-21(10-8-13)19(30)27(20(31)24-21)25-17(28)12-26(2)11-16-22-15-6-4-3-5-14(15)18(29)23-16/h3-6,13H,7-12H2,1-2H3,(H,24,31)(H,25,28)(H,22,23,29). The summed E-state index contributed by atoms with van der Waals surface area (Å²) in [7, 11) is 1.69. The molecule has 2 heterocycles. The van der Waals surface area contributed by atoms with E-state index in [4.69, 9.17) is 0 Å². The van der Waals surface area contributed by atoms with E-state index in [2.05, 4.69) is 27.6 Å². The lowest BCUT2D eigenvalue weighted by molar-refractivity contribution is -0.140. The number of benzene rings is 1. The Morgan fingerprint density at radius 3 is 2.71 bits per heavy atom. The summed E-state index contributed by atoms with van der Waals surface area (Å²) >= 11 is 0. The number of carbonyl (C=O) groups is 3. The van der Waals surface area contributed by atoms with Gasteiger partial charge in [0.1, 0.15) is 11.4 Å². The number of aromatic nitrogens is 2. The number of hydrogen-bond donors (Lipinski definition) is 3. The molecule has 4 rings (SSSR count). The molecule has 1 saturated carbocycles. The van der Waals surface area contributed by atoms with Crippen molar-refractivity contribution in [2.75, 3.05) is 13.6 Å². The number of para-hydroxylation sites is 1. The third-order valence-electron chi connectivity index (χ3n) is 6.02. The molecule has 31 heavy (non-hydrogen) atoms. The van der Waals surface area contributed by atoms with Gasteiger partial charge in [-0.25, -0.2) is 9.78 Å². The molecule has 4 amide bonds. The van der Waals surface area contributed by atoms with Gasteiger partial charge in [0.25, 0.3) is 17.4 Å². The molecule has 10 heteroatoms. The summed E-state index contributed by atoms with van der Waals surface area (Å²) in [5, 5.41) is 4.06. The molecule has 1 saturated heterocycles. The van der Waals surface area contributed by atoms with Crippen LogP contribution in [0.2, 0.25) is 0 Å². The summed E-state index contributed by atoms with van der Waals surface area (Å²) in [5.74, 6) is 0.0309. The van der Waals surface area contributed by atoms with Crippen LogP contribution in [0, 0.1) is 5.92 Å². The minimum Gasteiger partial charge on any atom is -0.322 e. The average Bonchev–Trinajstić information content (AvgIpc) is 2.94. The van der Waals surface area contributed by atoms with E-state index in [1.165, 1.54) is 0 Å². The molecule has 0 bridgehead atoms. The molecule has 10 nitrogen and oxygen atoms in total. The second-order valence-corrected chi connectivity index (χ2v) is 8.57. The number of likely N-dealkylation sites (N-methyl/N-ethyl adjacent to an activating group) is 1. The van der Waals surface area contributed by atoms with Crippen molar-refractivity contribution in [2.45, 2.75) is 44.7 Å². The summed E-state index contributed by atoms with van der Waals surface area (Å²) in [5.41, 5.74) is 1.84. The summed E-state index contributed by atoms with van der Waals surface area (Å²) in [4.78, 5) is 58.6. The highest BCUT2D eigenvalue weighted by Gasteiger charge is 2.52. The molecule has 1 spiro atoms. The predicted octanol–water partition coefficient (Wildman–Crippen LogP) is 0.887. The Kier molecular flexibility index (Phi) is 5.48. The van der Waals surface area contributed by atoms with Gasteiger partial charge >= 0.3 is 6.03 Å². The van der Waals surface area contributed by atoms with E-state index < -0.39 is 23.4 Å². The molecule has 1 aliphatic heterocycles. The van der Waals surface area contributed by atoms with Crippen molar-refractivity contribution in [3.8, 4) is 0 Å². The lowest BCUT2D eigenvalue weighted by Crippen LogP contribution is -2.52. The van der Waals surface area contributed by atoms with Crippen molar-refractivity contribution in [3.05, 3.63) is 40.4 Å². The molecule has 0 unspecified atom stereocenters. The number of nitrogens with one attached hydrogen (secondary N) is 3. The predicted molar refractivity (Wildman–Crippen MR) is 113 cm³/mol. The fraction of sp³-hybridized carbons (Fsp3) is 0.476. The molecule has 1 aromatic carbocycles. The van der Waals surface area contributed by atoms with Gasteiger partial charge < -0.3 is 10.3 Å². The zero-order valence-corrected chi connectivity index (χ0v) is 17.6. The van der Waals surface area contributed by atoms with Gasteiger partial charge in [-0.3, -0.25) is 24.7 Å². The number of hydrazine groups is 1. The van der Waals surface area contributed by atoms with E-state index in [-0.39, 0.29) is 18.6 Å². The Hall–Kier alpha value is -3.27. The van der Waals surface area contributed by atoms with Crippen LogP contribution in [0.5, 0.6) is 0 Å². The van der Waals surface area contributed by atoms with Gasteiger partial charge in [0.15, 0.2) is 0 Å². The molecule has 0 radical (unpaired) electrons. The first-order valence-corrected chi connectivity index (χ1v) is 10.4. The lowest BCUT2D eigenvalue weighted by Gasteiger charge is -2.33. The third kappa shape index (κ3) is 4.15. The third-order valence-corrected chi connectivity index (χ3v) is 6.02. The minimum absolute atomic E-state index is 0.0857. The number of aromatic amines is 1. The van der Waals surface area contributed by atoms with Gasteiger partial charge in [0.05, 0.1) is 24.0 Å². The largest absolute Gasteiger partial charge is 0.344 e. The number of amides is 4. The summed E-state index contributed by atoms with van der Waals surface area (Å²) < 4.78 is 0. The molecule has 2 aromatic rings. The van der Waals surface area contributed by atoms with Crippen LogP contribution in [0.1, 0.15) is 38.4 Å². The maximum absolute atomic E-state index is 12.8. The first-order valence-electron chi connectivity index (χ1n) is 10.4. The first-order chi connectivity index (χ1) is 14.8. The maximum atomic E-state index is 12.8. The topological polar surface area (TPSA) is 128 Å². The van der Waals surface area contributed by atoms with Gasteiger partial charge in [0.2, 0.25) is 0 Å². The Balaban J connectivity index is 1.37. The monoisotopic (exact) mass is 426 g/mol. The molecular weight excluding hydrogens is 400 g/mol. The van der Waals surface area contributed by atoms with E-state index in [1.54, 1.807) is 36.2 Å². The van der Waals surface area contributed by atoms with Gasteiger partial charge in [-0.15, -0.1) is 0 Å². The van der Waals surface area contributed by atoms with Crippen LogP contribution >= 0.6 is 0 Å². The summed E-state index contributed by atoms with van der Waals surface area (Å²) in [6.45, 7) is 2.26. The zero-order valence-electron chi connectivity index (χ0n) is 17.6. The van der Waals surface area contributed by atoms with Crippen molar-refractivity contribution in [2.24, 2.45) is 5.92 Å². The Morgan fingerprint density at radius 2 is 1.97 bits per heavy atom. The molecule has 0 atom stereocenters. The number of urea groups is 1. The minimum atomic E-state index is -0.905. The highest BCUT2D eigenvalue weighted by Crippen LogP contribution is 2.35. The number of nitrogens with zero attached hydrogens (tertiary/aromatic N) is 3. The number of H-pyrrole nitrogens is 1. The van der Waals surface area contributed by atoms with Gasteiger partial charge in [-0.2, -0.15) is 5.01 Å². The Bertz CT molecular complexity index is 1090. The maximum Gasteiger partial charge on any atom is 0.344 e. The second-order valence-electron chi connectivity index (χ2n) is 8.57. The fourth-order valence-electron chi connectivity index (χ4n) is 4.24. The molecular formula is C21H26N6O4. The van der Waals surface area contributed by atoms with Gasteiger partial charge in [-0.05, 0) is 50.8 Å². The number of fused-ring (bicyclic) bond motifs is 1. The number of imide groups is 1. The smallest absolute Gasteiger partial charge is 0.322 e. The van der Waals surface area contributed by atoms with Crippen molar-refractivity contribution >= 4 is 28.7 Å². The second kappa shape index (κ2) is 8.10. The Morgan fingerprint density at radius 1 is 1.26 bits per heavy atom. The van der Waals surface area contributed by atoms with Crippen molar-refractivity contribution in [3.63, 3.8) is 0 Å². The molecule has 2 aliphatic rings. The lowest BCUT2D eigenvalue weighted by atomic mass is 9.77. The normalized spacial score (nSPS) is 23.6. The number of rotatable bonds is 5. The number of carbonyl (C=O) groups excluding carboxylic acids is 3. The summed E-state index contributed by atoms with van der Waals surface area (Å²) in [6, 6.07) is 6.41. The highest BCUT2D eigenvalue weighted by molar-refractivity contribution is 6.08. The van der Waals surface area contributed by atoms with Crippen LogP contribution in [0.25, 0.3) is 10.9 Å². The fourth-order valence-corrected chi connectivity index (χ4v) is 4.24. The number of hydrogen-bond acceptors (Lipinski definition) is 6. The molecule has 2 fully saturated rings. The van der Waals surface area contributed by atoms with E-state index in [0.717, 1.165) is 17.9 Å². The molecule has 3 N–H and O–H groups in total. The van der Waals surface area contributed by atoms with E-state index >= 15 is 0 Å². The van der Waals surface area contributed by atoms with E-state index in [1.807, 2.05) is 0 Å². The Labute approximate surface area is 179 Å². The van der Waals surface area contributed by atoms with Gasteiger partial charge in [0, 0.05) is 0 Å². The SMILES string of the molecule is CC1CCC2(CC1)NC(=O)N(NC(=O)CN(C)Cc1nc3ccccc3c(=O)[nH]1)C2=O. The van der Waals surface area contributed by atoms with Gasteiger partial charge in [-0.1, -0.05) is 19.1 Å². The van der Waals surface area contributed by atoms with Crippen LogP contribution in [-0.2, 0) is 16.1 Å². The van der Waals surface area contributed by atoms with E-state index in [0.29, 0.717) is 35.5 Å². The van der Waals surface area contributed by atoms with Crippen molar-refractivity contribution in [1.29, 1.82) is 0 Å². The van der Waals surface area contributed by atoms with Crippen LogP contribution in [0.3, 0.4) is 0 Å². The quantitative estimate of drug-likeness (QED) is 0.609. The van der Waals surface area contributed by atoms with Crippen LogP contribution < -0.4 is 16.3 Å². The summed E-state index contributed by atoms with van der Waals surface area (Å²) in [6.07, 6.45) is 2.86. The highest BCUT2D eigenvalue weighted by atomic mass is 16.2. The molecule has 1 aromatic heterocycles. The average molecular weight is 426 g/mol. The molecule has 1 aliphatic carbocycles. The van der Waals surface area contributed by atoms with Crippen LogP contribution in [0.15, 0.2) is 29.1 Å². The zero-order chi connectivity index (χ0) is 22.2. The van der Waals surface area contributed by atoms with Crippen LogP contribution in [-0.4, -0.2) is 56.9 Å². The molecule has 164 valence electrons. The van der Waals surface area contributed by atoms with Crippen molar-refractivity contribution < 1.29 is 14.4 Å². The first kappa shape index (κ1) is 21.0. The van der Waals surface area contributed by atoms with E-state index in [9.17, 15) is 19.2 Å². The van der Waals surface area contributed by atoms with Crippen molar-refractivity contribution in [1.82, 2.24) is 30.6 Å².